The summed E-state index contributed by atoms with van der Waals surface area (Å²) in [6, 6.07) is 4.06. The SMILES string of the molecule is c1cc2cc(OCC3CCNCC3)cnc2[nH]1. The Hall–Kier alpha value is -1.55. The molecule has 2 N–H and O–H groups in total. The first-order valence-corrected chi connectivity index (χ1v) is 6.18. The van der Waals surface area contributed by atoms with E-state index >= 15 is 0 Å². The lowest BCUT2D eigenvalue weighted by Gasteiger charge is -2.22. The maximum Gasteiger partial charge on any atom is 0.138 e. The number of pyridine rings is 1. The van der Waals surface area contributed by atoms with Crippen molar-refractivity contribution in [3.05, 3.63) is 24.5 Å². The number of ether oxygens (including phenoxy) is 1. The second-order valence-electron chi connectivity index (χ2n) is 4.59. The number of H-pyrrole nitrogens is 1. The molecule has 4 nitrogen and oxygen atoms in total. The Kier molecular flexibility index (Phi) is 2.96. The molecule has 90 valence electrons. The van der Waals surface area contributed by atoms with Crippen LogP contribution in [0.5, 0.6) is 5.75 Å². The van der Waals surface area contributed by atoms with Crippen LogP contribution in [0.2, 0.25) is 0 Å². The molecule has 0 radical (unpaired) electrons. The van der Waals surface area contributed by atoms with E-state index in [1.807, 2.05) is 18.3 Å². The molecule has 0 aromatic carbocycles. The highest BCUT2D eigenvalue weighted by Crippen LogP contribution is 2.19. The molecule has 0 atom stereocenters. The Bertz CT molecular complexity index is 488. The maximum atomic E-state index is 5.82. The van der Waals surface area contributed by atoms with Crippen molar-refractivity contribution in [2.45, 2.75) is 12.8 Å². The average molecular weight is 231 g/mol. The molecule has 0 saturated carbocycles. The van der Waals surface area contributed by atoms with Gasteiger partial charge in [-0.1, -0.05) is 0 Å². The summed E-state index contributed by atoms with van der Waals surface area (Å²) in [6.45, 7) is 3.03. The normalized spacial score (nSPS) is 17.4. The van der Waals surface area contributed by atoms with Gasteiger partial charge >= 0.3 is 0 Å². The van der Waals surface area contributed by atoms with Crippen molar-refractivity contribution in [2.75, 3.05) is 19.7 Å². The minimum absolute atomic E-state index is 0.679. The molecular formula is C13H17N3O. The van der Waals surface area contributed by atoms with E-state index in [2.05, 4.69) is 15.3 Å². The van der Waals surface area contributed by atoms with E-state index in [9.17, 15) is 0 Å². The summed E-state index contributed by atoms with van der Waals surface area (Å²) in [6.07, 6.45) is 6.10. The van der Waals surface area contributed by atoms with E-state index in [0.717, 1.165) is 36.5 Å². The van der Waals surface area contributed by atoms with Crippen LogP contribution in [0.25, 0.3) is 11.0 Å². The Morgan fingerprint density at radius 3 is 3.12 bits per heavy atom. The summed E-state index contributed by atoms with van der Waals surface area (Å²) in [5.41, 5.74) is 0.916. The summed E-state index contributed by atoms with van der Waals surface area (Å²) in [5, 5.41) is 4.47. The number of fused-ring (bicyclic) bond motifs is 1. The van der Waals surface area contributed by atoms with Crippen molar-refractivity contribution < 1.29 is 4.74 Å². The van der Waals surface area contributed by atoms with Crippen LogP contribution in [0.3, 0.4) is 0 Å². The summed E-state index contributed by atoms with van der Waals surface area (Å²) < 4.78 is 5.82. The van der Waals surface area contributed by atoms with Crippen molar-refractivity contribution >= 4 is 11.0 Å². The third-order valence-electron chi connectivity index (χ3n) is 3.32. The number of aromatic amines is 1. The van der Waals surface area contributed by atoms with Crippen LogP contribution in [0, 0.1) is 5.92 Å². The zero-order valence-corrected chi connectivity index (χ0v) is 9.78. The number of hydrogen-bond acceptors (Lipinski definition) is 3. The predicted octanol–water partition coefficient (Wildman–Crippen LogP) is 1.94. The van der Waals surface area contributed by atoms with Crippen molar-refractivity contribution in [1.29, 1.82) is 0 Å². The first-order chi connectivity index (χ1) is 8.42. The first-order valence-electron chi connectivity index (χ1n) is 6.18. The molecule has 0 unspecified atom stereocenters. The molecule has 1 aliphatic rings. The number of nitrogens with zero attached hydrogens (tertiary/aromatic N) is 1. The third-order valence-corrected chi connectivity index (χ3v) is 3.32. The van der Waals surface area contributed by atoms with Crippen LogP contribution in [0.4, 0.5) is 0 Å². The number of nitrogens with one attached hydrogen (secondary N) is 2. The van der Waals surface area contributed by atoms with Crippen LogP contribution in [0.1, 0.15) is 12.8 Å². The van der Waals surface area contributed by atoms with Gasteiger partial charge in [-0.05, 0) is 44.0 Å². The highest BCUT2D eigenvalue weighted by atomic mass is 16.5. The van der Waals surface area contributed by atoms with Crippen molar-refractivity contribution in [1.82, 2.24) is 15.3 Å². The van der Waals surface area contributed by atoms with Gasteiger partial charge in [0, 0.05) is 11.6 Å². The first kappa shape index (κ1) is 10.6. The van der Waals surface area contributed by atoms with Gasteiger partial charge in [-0.3, -0.25) is 0 Å². The van der Waals surface area contributed by atoms with Gasteiger partial charge in [-0.15, -0.1) is 0 Å². The molecular weight excluding hydrogens is 214 g/mol. The molecule has 0 spiro atoms. The van der Waals surface area contributed by atoms with E-state index in [0.29, 0.717) is 5.92 Å². The largest absolute Gasteiger partial charge is 0.492 e. The standard InChI is InChI=1S/C13H17N3O/c1-4-14-5-2-10(1)9-17-12-7-11-3-6-15-13(11)16-8-12/h3,6-8,10,14H,1-2,4-5,9H2,(H,15,16). The summed E-state index contributed by atoms with van der Waals surface area (Å²) in [5.74, 6) is 1.55. The van der Waals surface area contributed by atoms with E-state index in [4.69, 9.17) is 4.74 Å². The minimum Gasteiger partial charge on any atom is -0.492 e. The second kappa shape index (κ2) is 4.75. The van der Waals surface area contributed by atoms with Crippen LogP contribution in [0.15, 0.2) is 24.5 Å². The summed E-state index contributed by atoms with van der Waals surface area (Å²) >= 11 is 0. The monoisotopic (exact) mass is 231 g/mol. The molecule has 3 heterocycles. The van der Waals surface area contributed by atoms with E-state index in [-0.39, 0.29) is 0 Å². The molecule has 0 amide bonds. The molecule has 17 heavy (non-hydrogen) atoms. The molecule has 0 aliphatic carbocycles. The van der Waals surface area contributed by atoms with E-state index in [1.165, 1.54) is 12.8 Å². The third kappa shape index (κ3) is 2.42. The van der Waals surface area contributed by atoms with Gasteiger partial charge in [0.25, 0.3) is 0 Å². The van der Waals surface area contributed by atoms with Crippen LogP contribution in [-0.4, -0.2) is 29.7 Å². The predicted molar refractivity (Wildman–Crippen MR) is 67.2 cm³/mol. The fraction of sp³-hybridized carbons (Fsp3) is 0.462. The van der Waals surface area contributed by atoms with Gasteiger partial charge in [0.15, 0.2) is 0 Å². The Morgan fingerprint density at radius 2 is 2.24 bits per heavy atom. The maximum absolute atomic E-state index is 5.82. The van der Waals surface area contributed by atoms with Gasteiger partial charge in [0.1, 0.15) is 11.4 Å². The van der Waals surface area contributed by atoms with Crippen molar-refractivity contribution in [3.63, 3.8) is 0 Å². The molecule has 1 fully saturated rings. The van der Waals surface area contributed by atoms with Gasteiger partial charge in [-0.2, -0.15) is 0 Å². The molecule has 4 heteroatoms. The van der Waals surface area contributed by atoms with Crippen molar-refractivity contribution in [2.24, 2.45) is 5.92 Å². The molecule has 2 aromatic rings. The highest BCUT2D eigenvalue weighted by molar-refractivity contribution is 5.76. The second-order valence-corrected chi connectivity index (χ2v) is 4.59. The van der Waals surface area contributed by atoms with Crippen molar-refractivity contribution in [3.8, 4) is 5.75 Å². The highest BCUT2D eigenvalue weighted by Gasteiger charge is 2.13. The molecule has 1 aliphatic heterocycles. The Balaban J connectivity index is 1.63. The lowest BCUT2D eigenvalue weighted by atomic mass is 9.99. The van der Waals surface area contributed by atoms with Crippen LogP contribution >= 0.6 is 0 Å². The molecule has 2 aromatic heterocycles. The van der Waals surface area contributed by atoms with Crippen LogP contribution in [-0.2, 0) is 0 Å². The molecule has 1 saturated heterocycles. The van der Waals surface area contributed by atoms with Gasteiger partial charge in [-0.25, -0.2) is 4.98 Å². The van der Waals surface area contributed by atoms with Gasteiger partial charge in [0.05, 0.1) is 12.8 Å². The van der Waals surface area contributed by atoms with E-state index in [1.54, 1.807) is 6.20 Å². The van der Waals surface area contributed by atoms with Crippen LogP contribution < -0.4 is 10.1 Å². The number of piperidine rings is 1. The zero-order chi connectivity index (χ0) is 11.5. The average Bonchev–Trinajstić information content (AvgIpc) is 2.85. The number of rotatable bonds is 3. The number of hydrogen-bond donors (Lipinski definition) is 2. The lowest BCUT2D eigenvalue weighted by molar-refractivity contribution is 0.215. The quantitative estimate of drug-likeness (QED) is 0.848. The van der Waals surface area contributed by atoms with Gasteiger partial charge < -0.3 is 15.0 Å². The molecule has 0 bridgehead atoms. The lowest BCUT2D eigenvalue weighted by Crippen LogP contribution is -2.30. The number of aromatic nitrogens is 2. The molecule has 3 rings (SSSR count). The van der Waals surface area contributed by atoms with Gasteiger partial charge in [0.2, 0.25) is 0 Å². The Labute approximate surface area is 100 Å². The zero-order valence-electron chi connectivity index (χ0n) is 9.78. The summed E-state index contributed by atoms with van der Waals surface area (Å²) in [7, 11) is 0. The smallest absolute Gasteiger partial charge is 0.138 e. The fourth-order valence-electron chi connectivity index (χ4n) is 2.26. The minimum atomic E-state index is 0.679. The Morgan fingerprint density at radius 1 is 1.35 bits per heavy atom. The topological polar surface area (TPSA) is 49.9 Å². The summed E-state index contributed by atoms with van der Waals surface area (Å²) in [4.78, 5) is 7.39. The van der Waals surface area contributed by atoms with E-state index < -0.39 is 0 Å². The fourth-order valence-corrected chi connectivity index (χ4v) is 2.26.